The number of nitrogens with one attached hydrogen (secondary N) is 1. The van der Waals surface area contributed by atoms with E-state index >= 15 is 0 Å². The third-order valence-electron chi connectivity index (χ3n) is 4.82. The van der Waals surface area contributed by atoms with E-state index in [1.165, 1.54) is 64.1 Å². The van der Waals surface area contributed by atoms with Gasteiger partial charge < -0.3 is 15.1 Å². The van der Waals surface area contributed by atoms with Crippen LogP contribution in [0.25, 0.3) is 0 Å². The summed E-state index contributed by atoms with van der Waals surface area (Å²) in [6, 6.07) is 11.5. The lowest BCUT2D eigenvalue weighted by atomic mass is 10.1. The van der Waals surface area contributed by atoms with Gasteiger partial charge in [0, 0.05) is 25.7 Å². The summed E-state index contributed by atoms with van der Waals surface area (Å²) in [4.78, 5) is 5.30. The number of hydrogen-bond donors (Lipinski definition) is 1. The first kappa shape index (κ1) is 15.0. The molecule has 2 heterocycles. The quantitative estimate of drug-likeness (QED) is 0.893. The molecule has 3 rings (SSSR count). The lowest BCUT2D eigenvalue weighted by molar-refractivity contribution is 0.221. The average Bonchev–Trinajstić information content (AvgIpc) is 2.93. The molecule has 0 bridgehead atoms. The molecule has 0 amide bonds. The smallest absolute Gasteiger partial charge is 0.0235 e. The summed E-state index contributed by atoms with van der Waals surface area (Å²) in [6.45, 7) is 8.76. The zero-order valence-corrected chi connectivity index (χ0v) is 13.1. The highest BCUT2D eigenvalue weighted by Gasteiger charge is 2.19. The molecule has 3 heteroatoms. The zero-order chi connectivity index (χ0) is 14.3. The number of nitrogens with zero attached hydrogens (tertiary/aromatic N) is 2. The molecule has 0 radical (unpaired) electrons. The summed E-state index contributed by atoms with van der Waals surface area (Å²) in [5, 5.41) is 3.73. The highest BCUT2D eigenvalue weighted by molar-refractivity contribution is 5.16. The lowest BCUT2D eigenvalue weighted by Crippen LogP contribution is -2.41. The molecule has 1 unspecified atom stereocenters. The number of benzene rings is 1. The predicted octanol–water partition coefficient (Wildman–Crippen LogP) is 1.99. The number of hydrogen-bond acceptors (Lipinski definition) is 3. The van der Waals surface area contributed by atoms with E-state index in [1.807, 2.05) is 0 Å². The molecule has 1 aromatic carbocycles. The minimum Gasteiger partial charge on any atom is -0.312 e. The summed E-state index contributed by atoms with van der Waals surface area (Å²) in [6.07, 6.45) is 5.24. The van der Waals surface area contributed by atoms with E-state index in [9.17, 15) is 0 Å². The van der Waals surface area contributed by atoms with Crippen molar-refractivity contribution in [2.75, 3.05) is 45.8 Å². The molecular formula is C18H29N3. The Balaban J connectivity index is 1.48. The van der Waals surface area contributed by atoms with Gasteiger partial charge >= 0.3 is 0 Å². The third-order valence-corrected chi connectivity index (χ3v) is 4.82. The fourth-order valence-corrected chi connectivity index (χ4v) is 3.60. The van der Waals surface area contributed by atoms with Gasteiger partial charge in [-0.05, 0) is 57.4 Å². The lowest BCUT2D eigenvalue weighted by Gasteiger charge is -2.26. The van der Waals surface area contributed by atoms with Crippen molar-refractivity contribution in [3.05, 3.63) is 35.9 Å². The minimum absolute atomic E-state index is 0.605. The van der Waals surface area contributed by atoms with Crippen molar-refractivity contribution in [2.24, 2.45) is 0 Å². The Labute approximate surface area is 129 Å². The van der Waals surface area contributed by atoms with Gasteiger partial charge in [-0.3, -0.25) is 0 Å². The second kappa shape index (κ2) is 7.92. The Morgan fingerprint density at radius 1 is 0.905 bits per heavy atom. The summed E-state index contributed by atoms with van der Waals surface area (Å²) in [7, 11) is 0. The summed E-state index contributed by atoms with van der Waals surface area (Å²) in [5.41, 5.74) is 1.45. The zero-order valence-electron chi connectivity index (χ0n) is 13.1. The van der Waals surface area contributed by atoms with Crippen molar-refractivity contribution >= 4 is 0 Å². The van der Waals surface area contributed by atoms with E-state index in [4.69, 9.17) is 0 Å². The maximum atomic E-state index is 3.73. The van der Waals surface area contributed by atoms with Crippen LogP contribution in [0, 0.1) is 0 Å². The monoisotopic (exact) mass is 287 g/mol. The molecule has 0 saturated carbocycles. The van der Waals surface area contributed by atoms with E-state index in [2.05, 4.69) is 45.4 Å². The van der Waals surface area contributed by atoms with Gasteiger partial charge in [0.1, 0.15) is 0 Å². The van der Waals surface area contributed by atoms with Gasteiger partial charge in [0.15, 0.2) is 0 Å². The van der Waals surface area contributed by atoms with Crippen LogP contribution in [0.5, 0.6) is 0 Å². The molecule has 1 aromatic rings. The molecule has 2 aliphatic rings. The maximum absolute atomic E-state index is 3.73. The normalized spacial score (nSPS) is 25.0. The van der Waals surface area contributed by atoms with Crippen molar-refractivity contribution in [1.29, 1.82) is 0 Å². The van der Waals surface area contributed by atoms with Crippen LogP contribution >= 0.6 is 0 Å². The summed E-state index contributed by atoms with van der Waals surface area (Å²) in [5.74, 6) is 0. The molecule has 1 N–H and O–H groups in total. The van der Waals surface area contributed by atoms with Crippen LogP contribution in [0.2, 0.25) is 0 Å². The van der Waals surface area contributed by atoms with E-state index < -0.39 is 0 Å². The van der Waals surface area contributed by atoms with Crippen LogP contribution in [-0.2, 0) is 6.42 Å². The molecule has 116 valence electrons. The summed E-state index contributed by atoms with van der Waals surface area (Å²) >= 11 is 0. The fourth-order valence-electron chi connectivity index (χ4n) is 3.60. The van der Waals surface area contributed by atoms with Crippen molar-refractivity contribution in [1.82, 2.24) is 15.1 Å². The number of likely N-dealkylation sites (tertiary alicyclic amines) is 1. The number of rotatable bonds is 5. The first-order valence-corrected chi connectivity index (χ1v) is 8.62. The predicted molar refractivity (Wildman–Crippen MR) is 88.7 cm³/mol. The highest BCUT2D eigenvalue weighted by Crippen LogP contribution is 2.10. The second-order valence-corrected chi connectivity index (χ2v) is 6.54. The SMILES string of the molecule is c1ccc(CC2CN(CCN3CCCC3)CCCN2)cc1. The van der Waals surface area contributed by atoms with Gasteiger partial charge in [0.05, 0.1) is 0 Å². The molecule has 2 aliphatic heterocycles. The maximum Gasteiger partial charge on any atom is 0.0235 e. The van der Waals surface area contributed by atoms with Gasteiger partial charge in [-0.1, -0.05) is 30.3 Å². The van der Waals surface area contributed by atoms with E-state index in [0.717, 1.165) is 13.0 Å². The Morgan fingerprint density at radius 2 is 1.62 bits per heavy atom. The third kappa shape index (κ3) is 4.80. The van der Waals surface area contributed by atoms with E-state index in [0.29, 0.717) is 6.04 Å². The molecule has 2 saturated heterocycles. The Bertz CT molecular complexity index is 400. The molecule has 0 spiro atoms. The van der Waals surface area contributed by atoms with Crippen LogP contribution in [0.1, 0.15) is 24.8 Å². The van der Waals surface area contributed by atoms with Gasteiger partial charge in [-0.25, -0.2) is 0 Å². The van der Waals surface area contributed by atoms with Gasteiger partial charge in [-0.15, -0.1) is 0 Å². The Hall–Kier alpha value is -0.900. The van der Waals surface area contributed by atoms with Crippen LogP contribution in [0.3, 0.4) is 0 Å². The molecule has 3 nitrogen and oxygen atoms in total. The first-order valence-electron chi connectivity index (χ1n) is 8.62. The largest absolute Gasteiger partial charge is 0.312 e. The topological polar surface area (TPSA) is 18.5 Å². The Morgan fingerprint density at radius 3 is 2.43 bits per heavy atom. The van der Waals surface area contributed by atoms with E-state index in [-0.39, 0.29) is 0 Å². The highest BCUT2D eigenvalue weighted by atomic mass is 15.2. The van der Waals surface area contributed by atoms with Crippen molar-refractivity contribution in [3.8, 4) is 0 Å². The van der Waals surface area contributed by atoms with Crippen molar-refractivity contribution in [2.45, 2.75) is 31.7 Å². The molecule has 21 heavy (non-hydrogen) atoms. The van der Waals surface area contributed by atoms with Crippen LogP contribution in [-0.4, -0.2) is 61.7 Å². The summed E-state index contributed by atoms with van der Waals surface area (Å²) < 4.78 is 0. The van der Waals surface area contributed by atoms with Crippen molar-refractivity contribution < 1.29 is 0 Å². The van der Waals surface area contributed by atoms with E-state index in [1.54, 1.807) is 0 Å². The van der Waals surface area contributed by atoms with Crippen molar-refractivity contribution in [3.63, 3.8) is 0 Å². The van der Waals surface area contributed by atoms with Gasteiger partial charge in [-0.2, -0.15) is 0 Å². The molecule has 0 aromatic heterocycles. The minimum atomic E-state index is 0.605. The fraction of sp³-hybridized carbons (Fsp3) is 0.667. The molecule has 2 fully saturated rings. The Kier molecular flexibility index (Phi) is 5.67. The molecule has 1 atom stereocenters. The average molecular weight is 287 g/mol. The second-order valence-electron chi connectivity index (χ2n) is 6.54. The standard InChI is InChI=1S/C18H29N3/c1-2-7-17(8-3-1)15-18-16-21(12-6-9-19-18)14-13-20-10-4-5-11-20/h1-3,7-8,18-19H,4-6,9-16H2. The first-order chi connectivity index (χ1) is 10.4. The van der Waals surface area contributed by atoms with Gasteiger partial charge in [0.2, 0.25) is 0 Å². The van der Waals surface area contributed by atoms with Gasteiger partial charge in [0.25, 0.3) is 0 Å². The van der Waals surface area contributed by atoms with Crippen LogP contribution in [0.15, 0.2) is 30.3 Å². The molecular weight excluding hydrogens is 258 g/mol. The molecule has 0 aliphatic carbocycles. The van der Waals surface area contributed by atoms with Crippen LogP contribution in [0.4, 0.5) is 0 Å². The van der Waals surface area contributed by atoms with Crippen LogP contribution < -0.4 is 5.32 Å².